The van der Waals surface area contributed by atoms with Crippen molar-refractivity contribution in [2.24, 2.45) is 5.92 Å². The maximum absolute atomic E-state index is 13.7. The van der Waals surface area contributed by atoms with Gasteiger partial charge in [0, 0.05) is 20.8 Å². The number of rotatable bonds is 6. The first-order valence-electron chi connectivity index (χ1n) is 12.3. The number of hydrogen-bond donors (Lipinski definition) is 1. The number of hydrogen-bond acceptors (Lipinski definition) is 5. The zero-order valence-corrected chi connectivity index (χ0v) is 21.8. The van der Waals surface area contributed by atoms with E-state index in [2.05, 4.69) is 12.2 Å². The van der Waals surface area contributed by atoms with Crippen molar-refractivity contribution >= 4 is 50.7 Å². The maximum atomic E-state index is 13.7. The lowest BCUT2D eigenvalue weighted by Crippen LogP contribution is -2.17. The number of pyridine rings is 1. The third kappa shape index (κ3) is 4.63. The second kappa shape index (κ2) is 10.4. The van der Waals surface area contributed by atoms with Gasteiger partial charge in [-0.05, 0) is 55.9 Å². The topological polar surface area (TPSA) is 68.3 Å². The van der Waals surface area contributed by atoms with Crippen molar-refractivity contribution in [2.75, 3.05) is 11.9 Å². The summed E-state index contributed by atoms with van der Waals surface area (Å²) >= 11 is 7.95. The smallest absolute Gasteiger partial charge is 0.341 e. The number of benzene rings is 2. The second-order valence-electron chi connectivity index (χ2n) is 8.95. The molecule has 36 heavy (non-hydrogen) atoms. The van der Waals surface area contributed by atoms with E-state index >= 15 is 0 Å². The van der Waals surface area contributed by atoms with Crippen LogP contribution < -0.4 is 5.32 Å². The number of nitrogens with zero attached hydrogens (tertiary/aromatic N) is 1. The first kappa shape index (κ1) is 24.5. The van der Waals surface area contributed by atoms with Crippen LogP contribution in [-0.2, 0) is 17.6 Å². The fraction of sp³-hybridized carbons (Fsp3) is 0.276. The van der Waals surface area contributed by atoms with Gasteiger partial charge in [0.05, 0.1) is 28.9 Å². The third-order valence-electron chi connectivity index (χ3n) is 6.76. The van der Waals surface area contributed by atoms with Crippen LogP contribution in [0.2, 0.25) is 5.02 Å². The number of thiophene rings is 1. The number of anilines is 1. The summed E-state index contributed by atoms with van der Waals surface area (Å²) in [5, 5.41) is 4.91. The zero-order valence-electron chi connectivity index (χ0n) is 20.3. The Morgan fingerprint density at radius 2 is 1.92 bits per heavy atom. The van der Waals surface area contributed by atoms with Crippen molar-refractivity contribution in [1.29, 1.82) is 0 Å². The van der Waals surface area contributed by atoms with Gasteiger partial charge < -0.3 is 10.1 Å². The quantitative estimate of drug-likeness (QED) is 0.267. The summed E-state index contributed by atoms with van der Waals surface area (Å²) < 4.78 is 5.39. The van der Waals surface area contributed by atoms with Gasteiger partial charge in [0.2, 0.25) is 0 Å². The van der Waals surface area contributed by atoms with Gasteiger partial charge in [0.25, 0.3) is 5.91 Å². The van der Waals surface area contributed by atoms with Gasteiger partial charge in [0.15, 0.2) is 0 Å². The fourth-order valence-corrected chi connectivity index (χ4v) is 6.43. The van der Waals surface area contributed by atoms with Crippen LogP contribution in [0.25, 0.3) is 22.2 Å². The molecule has 0 fully saturated rings. The zero-order chi connectivity index (χ0) is 25.2. The number of amides is 1. The van der Waals surface area contributed by atoms with E-state index in [0.29, 0.717) is 38.3 Å². The molecule has 1 unspecified atom stereocenters. The molecule has 1 aliphatic carbocycles. The Bertz CT molecular complexity index is 1460. The second-order valence-corrected chi connectivity index (χ2v) is 10.5. The number of fused-ring (bicyclic) bond motifs is 2. The predicted octanol–water partition coefficient (Wildman–Crippen LogP) is 7.56. The van der Waals surface area contributed by atoms with Gasteiger partial charge in [-0.25, -0.2) is 9.78 Å². The van der Waals surface area contributed by atoms with Crippen molar-refractivity contribution < 1.29 is 14.3 Å². The summed E-state index contributed by atoms with van der Waals surface area (Å²) in [6.07, 6.45) is 3.88. The van der Waals surface area contributed by atoms with E-state index < -0.39 is 0 Å². The van der Waals surface area contributed by atoms with Crippen LogP contribution in [0, 0.1) is 5.92 Å². The Balaban J connectivity index is 1.58. The normalized spacial score (nSPS) is 14.9. The molecule has 1 aliphatic rings. The first-order valence-corrected chi connectivity index (χ1v) is 13.5. The number of carbonyl (C=O) groups excluding carboxylic acids is 2. The van der Waals surface area contributed by atoms with Crippen molar-refractivity contribution in [3.63, 3.8) is 0 Å². The molecular weight excluding hydrogens is 492 g/mol. The highest BCUT2D eigenvalue weighted by atomic mass is 35.5. The third-order valence-corrected chi connectivity index (χ3v) is 8.26. The van der Waals surface area contributed by atoms with Crippen LogP contribution in [0.1, 0.15) is 57.8 Å². The van der Waals surface area contributed by atoms with Crippen molar-refractivity contribution in [3.05, 3.63) is 81.2 Å². The summed E-state index contributed by atoms with van der Waals surface area (Å²) in [6, 6.07) is 16.7. The van der Waals surface area contributed by atoms with E-state index in [1.165, 1.54) is 16.2 Å². The summed E-state index contributed by atoms with van der Waals surface area (Å²) in [5.41, 5.74) is 4.07. The summed E-state index contributed by atoms with van der Waals surface area (Å²) in [5.74, 6) is -0.0771. The predicted molar refractivity (Wildman–Crippen MR) is 146 cm³/mol. The average molecular weight is 519 g/mol. The van der Waals surface area contributed by atoms with Crippen LogP contribution in [0.4, 0.5) is 5.00 Å². The summed E-state index contributed by atoms with van der Waals surface area (Å²) in [4.78, 5) is 32.6. The molecule has 1 atom stereocenters. The molecule has 4 aromatic rings. The lowest BCUT2D eigenvalue weighted by molar-refractivity contribution is 0.0526. The largest absolute Gasteiger partial charge is 0.462 e. The molecule has 7 heteroatoms. The molecule has 5 rings (SSSR count). The Kier molecular flexibility index (Phi) is 7.08. The van der Waals surface area contributed by atoms with Gasteiger partial charge in [-0.1, -0.05) is 61.3 Å². The van der Waals surface area contributed by atoms with Gasteiger partial charge in [-0.2, -0.15) is 0 Å². The van der Waals surface area contributed by atoms with Gasteiger partial charge in [-0.3, -0.25) is 4.79 Å². The molecule has 0 bridgehead atoms. The van der Waals surface area contributed by atoms with E-state index in [0.717, 1.165) is 42.2 Å². The maximum Gasteiger partial charge on any atom is 0.341 e. The molecular formula is C29H27ClN2O3S. The number of nitrogens with one attached hydrogen (secondary N) is 1. The molecule has 2 heterocycles. The number of esters is 1. The molecule has 2 aromatic carbocycles. The van der Waals surface area contributed by atoms with E-state index in [9.17, 15) is 9.59 Å². The first-order chi connectivity index (χ1) is 17.5. The van der Waals surface area contributed by atoms with Crippen molar-refractivity contribution in [3.8, 4) is 11.3 Å². The van der Waals surface area contributed by atoms with Crippen LogP contribution in [-0.4, -0.2) is 23.5 Å². The number of aromatic nitrogens is 1. The lowest BCUT2D eigenvalue weighted by atomic mass is 9.85. The number of halogens is 1. The number of ether oxygens (including phenoxy) is 1. The fourth-order valence-electron chi connectivity index (χ4n) is 4.85. The lowest BCUT2D eigenvalue weighted by Gasteiger charge is -2.20. The molecule has 2 aromatic heterocycles. The molecule has 0 saturated carbocycles. The summed E-state index contributed by atoms with van der Waals surface area (Å²) in [7, 11) is 0. The molecule has 0 aliphatic heterocycles. The molecule has 0 saturated heterocycles. The van der Waals surface area contributed by atoms with Gasteiger partial charge in [0.1, 0.15) is 5.00 Å². The van der Waals surface area contributed by atoms with Crippen LogP contribution in [0.5, 0.6) is 0 Å². The highest BCUT2D eigenvalue weighted by Gasteiger charge is 2.30. The van der Waals surface area contributed by atoms with Crippen LogP contribution in [0.15, 0.2) is 54.6 Å². The van der Waals surface area contributed by atoms with Gasteiger partial charge >= 0.3 is 5.97 Å². The minimum absolute atomic E-state index is 0.282. The minimum Gasteiger partial charge on any atom is -0.462 e. The Morgan fingerprint density at radius 3 is 2.69 bits per heavy atom. The van der Waals surface area contributed by atoms with Crippen LogP contribution in [0.3, 0.4) is 0 Å². The molecule has 5 nitrogen and oxygen atoms in total. The van der Waals surface area contributed by atoms with E-state index in [4.69, 9.17) is 21.3 Å². The Morgan fingerprint density at radius 1 is 1.14 bits per heavy atom. The average Bonchev–Trinajstić information content (AvgIpc) is 3.25. The minimum atomic E-state index is -0.378. The van der Waals surface area contributed by atoms with E-state index in [1.807, 2.05) is 42.5 Å². The Hall–Kier alpha value is -3.22. The molecule has 0 spiro atoms. The summed E-state index contributed by atoms with van der Waals surface area (Å²) in [6.45, 7) is 4.27. The molecule has 1 N–H and O–H groups in total. The molecule has 1 amide bonds. The van der Waals surface area contributed by atoms with Crippen molar-refractivity contribution in [1.82, 2.24) is 4.98 Å². The monoisotopic (exact) mass is 518 g/mol. The molecule has 0 radical (unpaired) electrons. The molecule has 184 valence electrons. The number of para-hydroxylation sites is 1. The van der Waals surface area contributed by atoms with E-state index in [-0.39, 0.29) is 18.5 Å². The highest BCUT2D eigenvalue weighted by molar-refractivity contribution is 7.17. The SMILES string of the molecule is CCOC(=O)c1c(NC(=O)c2cc(-c3ccccc3Cl)nc3ccccc23)sc2c1CCC(CC)C2. The Labute approximate surface area is 219 Å². The van der Waals surface area contributed by atoms with Crippen LogP contribution >= 0.6 is 22.9 Å². The van der Waals surface area contributed by atoms with E-state index in [1.54, 1.807) is 19.1 Å². The number of carbonyl (C=O) groups is 2. The van der Waals surface area contributed by atoms with Gasteiger partial charge in [-0.15, -0.1) is 11.3 Å². The highest BCUT2D eigenvalue weighted by Crippen LogP contribution is 2.41. The standard InChI is InChI=1S/C29H27ClN2O3S/c1-3-17-13-14-20-25(15-17)36-28(26(20)29(34)35-4-2)32-27(33)21-16-24(19-10-5-7-11-22(19)30)31-23-12-8-6-9-18(21)23/h5-12,16-17H,3-4,13-15H2,1-2H3,(H,32,33). The van der Waals surface area contributed by atoms with Crippen molar-refractivity contribution in [2.45, 2.75) is 39.5 Å².